The first-order valence-corrected chi connectivity index (χ1v) is 17.1. The number of hydrogen-bond acceptors (Lipinski definition) is 6. The Morgan fingerprint density at radius 2 is 1.15 bits per heavy atom. The van der Waals surface area contributed by atoms with E-state index in [0.717, 1.165) is 65.7 Å². The Morgan fingerprint density at radius 1 is 0.519 bits per heavy atom. The molecule has 252 valence electrons. The average molecular weight is 681 g/mol. The van der Waals surface area contributed by atoms with Crippen molar-refractivity contribution in [3.05, 3.63) is 156 Å². The molecular weight excluding hydrogens is 649 g/mol. The number of phenolic OH excluding ortho intramolecular Hbond substituents is 5. The third-order valence-corrected chi connectivity index (χ3v) is 10.1. The molecule has 1 aromatic heterocycles. The van der Waals surface area contributed by atoms with Crippen molar-refractivity contribution in [2.45, 2.75) is 12.8 Å². The molecule has 0 unspecified atom stereocenters. The third-order valence-electron chi connectivity index (χ3n) is 10.1. The third kappa shape index (κ3) is 4.88. The highest BCUT2D eigenvalue weighted by Gasteiger charge is 2.29. The van der Waals surface area contributed by atoms with Gasteiger partial charge in [-0.3, -0.25) is 0 Å². The number of benzene rings is 7. The van der Waals surface area contributed by atoms with Crippen molar-refractivity contribution in [1.29, 1.82) is 0 Å². The lowest BCUT2D eigenvalue weighted by atomic mass is 9.84. The van der Waals surface area contributed by atoms with Crippen LogP contribution in [0.1, 0.15) is 23.1 Å². The van der Waals surface area contributed by atoms with E-state index >= 15 is 0 Å². The molecule has 0 radical (unpaired) electrons. The fraction of sp³-hybridized carbons (Fsp3) is 0.0435. The second-order valence-corrected chi connectivity index (χ2v) is 13.1. The highest BCUT2D eigenvalue weighted by Crippen LogP contribution is 2.56. The topological polar surface area (TPSA) is 114 Å². The van der Waals surface area contributed by atoms with Crippen LogP contribution < -0.4 is 0 Å². The smallest absolute Gasteiger partial charge is 0.201 e. The van der Waals surface area contributed by atoms with E-state index in [9.17, 15) is 25.5 Å². The predicted octanol–water partition coefficient (Wildman–Crippen LogP) is 11.2. The van der Waals surface area contributed by atoms with E-state index in [2.05, 4.69) is 12.1 Å². The number of phenols is 5. The van der Waals surface area contributed by atoms with E-state index in [1.165, 1.54) is 0 Å². The summed E-state index contributed by atoms with van der Waals surface area (Å²) in [7, 11) is 0. The molecule has 0 atom stereocenters. The van der Waals surface area contributed by atoms with Crippen molar-refractivity contribution in [2.75, 3.05) is 0 Å². The highest BCUT2D eigenvalue weighted by atomic mass is 16.3. The highest BCUT2D eigenvalue weighted by molar-refractivity contribution is 6.18. The molecule has 0 bridgehead atoms. The van der Waals surface area contributed by atoms with Gasteiger partial charge in [0, 0.05) is 16.3 Å². The molecule has 0 amide bonds. The molecule has 1 aliphatic rings. The second-order valence-electron chi connectivity index (χ2n) is 13.1. The van der Waals surface area contributed by atoms with E-state index in [1.807, 2.05) is 103 Å². The molecule has 5 N–H and O–H groups in total. The van der Waals surface area contributed by atoms with Gasteiger partial charge in [0.15, 0.2) is 11.5 Å². The molecule has 52 heavy (non-hydrogen) atoms. The van der Waals surface area contributed by atoms with E-state index in [1.54, 1.807) is 24.3 Å². The molecule has 1 heterocycles. The van der Waals surface area contributed by atoms with Crippen molar-refractivity contribution < 1.29 is 29.9 Å². The fourth-order valence-electron chi connectivity index (χ4n) is 7.74. The van der Waals surface area contributed by atoms with Crippen molar-refractivity contribution in [1.82, 2.24) is 0 Å². The Hall–Kier alpha value is -6.92. The zero-order valence-corrected chi connectivity index (χ0v) is 27.8. The van der Waals surface area contributed by atoms with Crippen LogP contribution in [0.3, 0.4) is 0 Å². The second kappa shape index (κ2) is 12.1. The van der Waals surface area contributed by atoms with Gasteiger partial charge in [-0.05, 0) is 92.5 Å². The van der Waals surface area contributed by atoms with Crippen LogP contribution in [0, 0.1) is 0 Å². The molecular formula is C46H32O6. The van der Waals surface area contributed by atoms with Crippen molar-refractivity contribution in [2.24, 2.45) is 0 Å². The van der Waals surface area contributed by atoms with E-state index in [4.69, 9.17) is 4.42 Å². The van der Waals surface area contributed by atoms with Crippen LogP contribution in [0.5, 0.6) is 28.7 Å². The largest absolute Gasteiger partial charge is 0.508 e. The SMILES string of the molecule is Oc1ccc(-c2cc(Cc3c4ccccc4c(-c4c(O)c(O)c(O)c(C5=CCC=CC=C5)c4O)c4ccccc34)c3c(c2)oc2ccccc23)cc1. The minimum atomic E-state index is -0.702. The van der Waals surface area contributed by atoms with Gasteiger partial charge in [-0.25, -0.2) is 0 Å². The summed E-state index contributed by atoms with van der Waals surface area (Å²) in [5, 5.41) is 61.1. The summed E-state index contributed by atoms with van der Waals surface area (Å²) in [4.78, 5) is 0. The summed E-state index contributed by atoms with van der Waals surface area (Å²) in [5.41, 5.74) is 6.65. The number of rotatable bonds is 5. The van der Waals surface area contributed by atoms with E-state index < -0.39 is 17.2 Å². The van der Waals surface area contributed by atoms with Crippen LogP contribution >= 0.6 is 0 Å². The van der Waals surface area contributed by atoms with Crippen LogP contribution in [0.4, 0.5) is 0 Å². The summed E-state index contributed by atoms with van der Waals surface area (Å²) in [6, 6.07) is 35.1. The number of furan rings is 1. The van der Waals surface area contributed by atoms with Crippen molar-refractivity contribution >= 4 is 49.1 Å². The molecule has 1 aliphatic carbocycles. The average Bonchev–Trinajstić information content (AvgIpc) is 3.34. The number of fused-ring (bicyclic) bond motifs is 5. The van der Waals surface area contributed by atoms with Crippen molar-refractivity contribution in [3.8, 4) is 51.0 Å². The predicted molar refractivity (Wildman–Crippen MR) is 208 cm³/mol. The molecule has 7 aromatic carbocycles. The Balaban J connectivity index is 1.33. The number of allylic oxidation sites excluding steroid dienone is 6. The number of hydrogen-bond donors (Lipinski definition) is 5. The van der Waals surface area contributed by atoms with Gasteiger partial charge in [0.2, 0.25) is 5.75 Å². The molecule has 9 rings (SSSR count). The summed E-state index contributed by atoms with van der Waals surface area (Å²) in [6.45, 7) is 0. The van der Waals surface area contributed by atoms with Gasteiger partial charge in [-0.2, -0.15) is 0 Å². The Labute approximate surface area is 298 Å². The first-order valence-electron chi connectivity index (χ1n) is 17.1. The molecule has 0 saturated carbocycles. The number of para-hydroxylation sites is 1. The lowest BCUT2D eigenvalue weighted by Gasteiger charge is -2.21. The molecule has 6 heteroatoms. The normalized spacial score (nSPS) is 13.0. The van der Waals surface area contributed by atoms with Gasteiger partial charge in [0.25, 0.3) is 0 Å². The van der Waals surface area contributed by atoms with Crippen molar-refractivity contribution in [3.63, 3.8) is 0 Å². The van der Waals surface area contributed by atoms with Gasteiger partial charge < -0.3 is 29.9 Å². The first kappa shape index (κ1) is 31.1. The van der Waals surface area contributed by atoms with Gasteiger partial charge >= 0.3 is 0 Å². The summed E-state index contributed by atoms with van der Waals surface area (Å²) < 4.78 is 6.42. The Morgan fingerprint density at radius 3 is 1.87 bits per heavy atom. The maximum atomic E-state index is 12.0. The maximum absolute atomic E-state index is 12.0. The van der Waals surface area contributed by atoms with Gasteiger partial charge in [0.05, 0.1) is 11.1 Å². The Kier molecular flexibility index (Phi) is 7.26. The molecule has 8 aromatic rings. The van der Waals surface area contributed by atoms with E-state index in [-0.39, 0.29) is 22.6 Å². The molecule has 6 nitrogen and oxygen atoms in total. The minimum Gasteiger partial charge on any atom is -0.508 e. The molecule has 0 saturated heterocycles. The van der Waals surface area contributed by atoms with Crippen LogP contribution in [0.25, 0.3) is 71.3 Å². The van der Waals surface area contributed by atoms with Gasteiger partial charge in [0.1, 0.15) is 22.7 Å². The van der Waals surface area contributed by atoms with Crippen LogP contribution in [-0.2, 0) is 6.42 Å². The quantitative estimate of drug-likeness (QED) is 0.0702. The molecule has 0 aliphatic heterocycles. The maximum Gasteiger partial charge on any atom is 0.201 e. The zero-order valence-electron chi connectivity index (χ0n) is 27.8. The lowest BCUT2D eigenvalue weighted by molar-refractivity contribution is 0.361. The molecule has 0 fully saturated rings. The van der Waals surface area contributed by atoms with Crippen LogP contribution in [-0.4, -0.2) is 25.5 Å². The number of aromatic hydroxyl groups is 5. The molecule has 0 spiro atoms. The summed E-state index contributed by atoms with van der Waals surface area (Å²) in [5.74, 6) is -2.04. The lowest BCUT2D eigenvalue weighted by Crippen LogP contribution is -1.98. The summed E-state index contributed by atoms with van der Waals surface area (Å²) in [6.07, 6.45) is 10.3. The van der Waals surface area contributed by atoms with Crippen LogP contribution in [0.15, 0.2) is 144 Å². The fourth-order valence-corrected chi connectivity index (χ4v) is 7.74. The van der Waals surface area contributed by atoms with Gasteiger partial charge in [-0.15, -0.1) is 0 Å². The van der Waals surface area contributed by atoms with Gasteiger partial charge in [-0.1, -0.05) is 109 Å². The first-order chi connectivity index (χ1) is 25.4. The monoisotopic (exact) mass is 680 g/mol. The van der Waals surface area contributed by atoms with E-state index in [0.29, 0.717) is 24.0 Å². The zero-order chi connectivity index (χ0) is 35.5. The standard InChI is InChI=1S/C46H32O6/c47-30-21-19-26(20-22-30)28-23-29(39-35-17-9-10-18-37(35)52-38(39)25-28)24-36-31-13-5-7-15-33(31)41(34-16-8-6-14-32(34)36)42-43(48)40(44(49)46(51)45(42)50)27-11-3-1-2-4-12-27/h1-3,5-23,25,47-51H,4,24H2. The minimum absolute atomic E-state index is 0.0355. The van der Waals surface area contributed by atoms with Crippen LogP contribution in [0.2, 0.25) is 0 Å². The Bertz CT molecular complexity index is 2780. The summed E-state index contributed by atoms with van der Waals surface area (Å²) >= 11 is 0.